The summed E-state index contributed by atoms with van der Waals surface area (Å²) in [4.78, 5) is 24.3. The molecule has 2 aromatic carbocycles. The topological polar surface area (TPSA) is 57.6 Å². The number of hydrogen-bond acceptors (Lipinski definition) is 2. The van der Waals surface area contributed by atoms with Gasteiger partial charge in [0, 0.05) is 18.3 Å². The van der Waals surface area contributed by atoms with Gasteiger partial charge >= 0.3 is 5.97 Å². The lowest BCUT2D eigenvalue weighted by Crippen LogP contribution is -2.26. The van der Waals surface area contributed by atoms with E-state index in [1.807, 2.05) is 0 Å². The molecule has 0 aromatic heterocycles. The maximum atomic E-state index is 12.8. The van der Waals surface area contributed by atoms with Crippen molar-refractivity contribution in [1.29, 1.82) is 0 Å². The van der Waals surface area contributed by atoms with E-state index in [0.717, 1.165) is 0 Å². The fourth-order valence-corrected chi connectivity index (χ4v) is 1.73. The van der Waals surface area contributed by atoms with Crippen molar-refractivity contribution in [3.05, 3.63) is 65.5 Å². The Morgan fingerprint density at radius 1 is 0.950 bits per heavy atom. The first-order chi connectivity index (χ1) is 9.49. The Bertz CT molecular complexity index is 635. The second kappa shape index (κ2) is 5.52. The van der Waals surface area contributed by atoms with E-state index in [-0.39, 0.29) is 11.5 Å². The third-order valence-electron chi connectivity index (χ3n) is 2.90. The van der Waals surface area contributed by atoms with E-state index < -0.39 is 11.8 Å². The zero-order valence-corrected chi connectivity index (χ0v) is 10.7. The summed E-state index contributed by atoms with van der Waals surface area (Å²) in [7, 11) is 1.57. The van der Waals surface area contributed by atoms with E-state index in [9.17, 15) is 14.0 Å². The van der Waals surface area contributed by atoms with Gasteiger partial charge in [-0.05, 0) is 48.5 Å². The molecule has 5 heteroatoms. The first-order valence-corrected chi connectivity index (χ1v) is 5.86. The molecule has 0 aliphatic carbocycles. The van der Waals surface area contributed by atoms with Crippen LogP contribution in [0.3, 0.4) is 0 Å². The standard InChI is InChI=1S/C15H12FNO3/c1-17(13-8-4-11(5-9-13)15(19)20)14(18)10-2-6-12(16)7-3-10/h2-9H,1H3,(H,19,20). The van der Waals surface area contributed by atoms with Crippen molar-refractivity contribution in [2.45, 2.75) is 0 Å². The molecule has 0 spiro atoms. The van der Waals surface area contributed by atoms with Crippen LogP contribution in [0.25, 0.3) is 0 Å². The van der Waals surface area contributed by atoms with Crippen LogP contribution >= 0.6 is 0 Å². The summed E-state index contributed by atoms with van der Waals surface area (Å²) in [5.74, 6) is -1.73. The van der Waals surface area contributed by atoms with Crippen LogP contribution in [0.5, 0.6) is 0 Å². The molecule has 20 heavy (non-hydrogen) atoms. The highest BCUT2D eigenvalue weighted by Crippen LogP contribution is 2.17. The Labute approximate surface area is 115 Å². The van der Waals surface area contributed by atoms with Crippen molar-refractivity contribution < 1.29 is 19.1 Å². The largest absolute Gasteiger partial charge is 0.478 e. The van der Waals surface area contributed by atoms with Gasteiger partial charge in [0.15, 0.2) is 0 Å². The second-order valence-corrected chi connectivity index (χ2v) is 4.22. The highest BCUT2D eigenvalue weighted by atomic mass is 19.1. The summed E-state index contributed by atoms with van der Waals surface area (Å²) < 4.78 is 12.8. The lowest BCUT2D eigenvalue weighted by molar-refractivity contribution is 0.0696. The zero-order chi connectivity index (χ0) is 14.7. The number of halogens is 1. The minimum atomic E-state index is -1.02. The third-order valence-corrected chi connectivity index (χ3v) is 2.90. The fourth-order valence-electron chi connectivity index (χ4n) is 1.73. The van der Waals surface area contributed by atoms with Crippen LogP contribution in [0.15, 0.2) is 48.5 Å². The monoisotopic (exact) mass is 273 g/mol. The van der Waals surface area contributed by atoms with Crippen LogP contribution in [0.4, 0.5) is 10.1 Å². The number of rotatable bonds is 3. The number of anilines is 1. The molecule has 0 atom stereocenters. The zero-order valence-electron chi connectivity index (χ0n) is 10.7. The Kier molecular flexibility index (Phi) is 3.79. The molecule has 0 unspecified atom stereocenters. The van der Waals surface area contributed by atoms with E-state index in [1.54, 1.807) is 19.2 Å². The minimum absolute atomic E-state index is 0.149. The highest BCUT2D eigenvalue weighted by molar-refractivity contribution is 6.05. The molecule has 1 amide bonds. The van der Waals surface area contributed by atoms with Gasteiger partial charge in [0.25, 0.3) is 5.91 Å². The molecule has 0 heterocycles. The van der Waals surface area contributed by atoms with Crippen LogP contribution in [-0.4, -0.2) is 24.0 Å². The number of benzene rings is 2. The molecule has 0 aliphatic heterocycles. The van der Waals surface area contributed by atoms with E-state index in [4.69, 9.17) is 5.11 Å². The molecule has 102 valence electrons. The fraction of sp³-hybridized carbons (Fsp3) is 0.0667. The van der Waals surface area contributed by atoms with Crippen molar-refractivity contribution in [2.24, 2.45) is 0 Å². The molecular weight excluding hydrogens is 261 g/mol. The Hall–Kier alpha value is -2.69. The number of carbonyl (C=O) groups is 2. The molecule has 0 saturated carbocycles. The molecular formula is C15H12FNO3. The van der Waals surface area contributed by atoms with Crippen LogP contribution in [0.2, 0.25) is 0 Å². The quantitative estimate of drug-likeness (QED) is 0.935. The Morgan fingerprint density at radius 3 is 1.95 bits per heavy atom. The number of carbonyl (C=O) groups excluding carboxylic acids is 1. The lowest BCUT2D eigenvalue weighted by Gasteiger charge is -2.17. The first kappa shape index (κ1) is 13.7. The number of hydrogen-bond donors (Lipinski definition) is 1. The minimum Gasteiger partial charge on any atom is -0.478 e. The number of nitrogens with zero attached hydrogens (tertiary/aromatic N) is 1. The summed E-state index contributed by atoms with van der Waals surface area (Å²) in [6, 6.07) is 11.2. The molecule has 4 nitrogen and oxygen atoms in total. The number of amides is 1. The van der Waals surface area contributed by atoms with Crippen molar-refractivity contribution in [3.63, 3.8) is 0 Å². The summed E-state index contributed by atoms with van der Waals surface area (Å²) in [5, 5.41) is 8.81. The summed E-state index contributed by atoms with van der Waals surface area (Å²) >= 11 is 0. The van der Waals surface area contributed by atoms with Gasteiger partial charge in [-0.25, -0.2) is 9.18 Å². The smallest absolute Gasteiger partial charge is 0.335 e. The molecule has 0 aliphatic rings. The van der Waals surface area contributed by atoms with Gasteiger partial charge in [0.05, 0.1) is 5.56 Å². The number of carboxylic acid groups (broad SMARTS) is 1. The Balaban J connectivity index is 2.22. The van der Waals surface area contributed by atoms with Gasteiger partial charge in [-0.15, -0.1) is 0 Å². The number of carboxylic acids is 1. The van der Waals surface area contributed by atoms with Crippen molar-refractivity contribution in [3.8, 4) is 0 Å². The molecule has 0 saturated heterocycles. The highest BCUT2D eigenvalue weighted by Gasteiger charge is 2.14. The predicted octanol–water partition coefficient (Wildman–Crippen LogP) is 2.80. The van der Waals surface area contributed by atoms with Gasteiger partial charge in [-0.2, -0.15) is 0 Å². The van der Waals surface area contributed by atoms with Crippen molar-refractivity contribution in [2.75, 3.05) is 11.9 Å². The van der Waals surface area contributed by atoms with Gasteiger partial charge < -0.3 is 10.0 Å². The van der Waals surface area contributed by atoms with Gasteiger partial charge in [0.1, 0.15) is 5.82 Å². The van der Waals surface area contributed by atoms with Gasteiger partial charge in [-0.3, -0.25) is 4.79 Å². The van der Waals surface area contributed by atoms with Crippen LogP contribution in [0, 0.1) is 5.82 Å². The van der Waals surface area contributed by atoms with E-state index in [2.05, 4.69) is 0 Å². The van der Waals surface area contributed by atoms with E-state index >= 15 is 0 Å². The Morgan fingerprint density at radius 2 is 1.45 bits per heavy atom. The molecule has 0 bridgehead atoms. The average molecular weight is 273 g/mol. The predicted molar refractivity (Wildman–Crippen MR) is 72.5 cm³/mol. The summed E-state index contributed by atoms with van der Waals surface area (Å²) in [5.41, 5.74) is 1.07. The van der Waals surface area contributed by atoms with Gasteiger partial charge in [0.2, 0.25) is 0 Å². The normalized spacial score (nSPS) is 10.1. The second-order valence-electron chi connectivity index (χ2n) is 4.22. The molecule has 0 radical (unpaired) electrons. The lowest BCUT2D eigenvalue weighted by atomic mass is 10.1. The average Bonchev–Trinajstić information content (AvgIpc) is 2.46. The van der Waals surface area contributed by atoms with Gasteiger partial charge in [-0.1, -0.05) is 0 Å². The maximum Gasteiger partial charge on any atom is 0.335 e. The number of aromatic carboxylic acids is 1. The molecule has 2 rings (SSSR count). The van der Waals surface area contributed by atoms with Crippen molar-refractivity contribution in [1.82, 2.24) is 0 Å². The van der Waals surface area contributed by atoms with E-state index in [0.29, 0.717) is 11.3 Å². The van der Waals surface area contributed by atoms with E-state index in [1.165, 1.54) is 41.3 Å². The van der Waals surface area contributed by atoms with Crippen LogP contribution in [-0.2, 0) is 0 Å². The van der Waals surface area contributed by atoms with Crippen molar-refractivity contribution >= 4 is 17.6 Å². The maximum absolute atomic E-state index is 12.8. The summed E-state index contributed by atoms with van der Waals surface area (Å²) in [6.45, 7) is 0. The summed E-state index contributed by atoms with van der Waals surface area (Å²) in [6.07, 6.45) is 0. The third kappa shape index (κ3) is 2.83. The van der Waals surface area contributed by atoms with Crippen LogP contribution < -0.4 is 4.90 Å². The first-order valence-electron chi connectivity index (χ1n) is 5.86. The molecule has 0 fully saturated rings. The molecule has 1 N–H and O–H groups in total. The SMILES string of the molecule is CN(C(=O)c1ccc(F)cc1)c1ccc(C(=O)O)cc1. The molecule has 2 aromatic rings. The van der Waals surface area contributed by atoms with Crippen LogP contribution in [0.1, 0.15) is 20.7 Å².